The third kappa shape index (κ3) is 6.29. The molecule has 116 valence electrons. The predicted octanol–water partition coefficient (Wildman–Crippen LogP) is 3.02. The topological polar surface area (TPSA) is 75.6 Å². The van der Waals surface area contributed by atoms with E-state index in [-0.39, 0.29) is 24.9 Å². The Labute approximate surface area is 125 Å². The number of esters is 1. The van der Waals surface area contributed by atoms with Crippen LogP contribution in [0.25, 0.3) is 0 Å². The van der Waals surface area contributed by atoms with E-state index in [1.54, 1.807) is 0 Å². The first-order chi connectivity index (χ1) is 9.69. The highest BCUT2D eigenvalue weighted by Crippen LogP contribution is 2.27. The summed E-state index contributed by atoms with van der Waals surface area (Å²) in [4.78, 5) is 22.5. The molecule has 0 bridgehead atoms. The molecule has 0 aromatic heterocycles. The molecule has 0 aliphatic carbocycles. The van der Waals surface area contributed by atoms with Crippen LogP contribution in [0.5, 0.6) is 0 Å². The Bertz CT molecular complexity index is 505. The largest absolute Gasteiger partial charge is 0.480 e. The van der Waals surface area contributed by atoms with Gasteiger partial charge in [0.1, 0.15) is 12.1 Å². The van der Waals surface area contributed by atoms with E-state index in [0.29, 0.717) is 0 Å². The van der Waals surface area contributed by atoms with Crippen molar-refractivity contribution in [2.24, 2.45) is 0 Å². The highest BCUT2D eigenvalue weighted by Gasteiger charge is 2.20. The normalized spacial score (nSPS) is 12.6. The van der Waals surface area contributed by atoms with E-state index >= 15 is 0 Å². The zero-order valence-corrected chi connectivity index (χ0v) is 13.0. The zero-order chi connectivity index (χ0) is 16.0. The van der Waals surface area contributed by atoms with Crippen molar-refractivity contribution in [1.82, 2.24) is 0 Å². The molecule has 0 saturated carbocycles. The van der Waals surface area contributed by atoms with Gasteiger partial charge >= 0.3 is 11.9 Å². The molecule has 1 rings (SSSR count). The quantitative estimate of drug-likeness (QED) is 0.788. The number of carboxylic acid groups (broad SMARTS) is 1. The van der Waals surface area contributed by atoms with Crippen LogP contribution in [0, 0.1) is 0 Å². The Morgan fingerprint density at radius 3 is 2.48 bits per heavy atom. The Balaban J connectivity index is 2.75. The Hall–Kier alpha value is -2.04. The average Bonchev–Trinajstić information content (AvgIpc) is 2.34. The molecule has 5 heteroatoms. The van der Waals surface area contributed by atoms with Crippen molar-refractivity contribution in [3.63, 3.8) is 0 Å². The predicted molar refractivity (Wildman–Crippen MR) is 81.4 cm³/mol. The van der Waals surface area contributed by atoms with Gasteiger partial charge < -0.3 is 15.2 Å². The van der Waals surface area contributed by atoms with Gasteiger partial charge in [0.05, 0.1) is 6.42 Å². The average molecular weight is 293 g/mol. The fourth-order valence-electron chi connectivity index (χ4n) is 2.00. The van der Waals surface area contributed by atoms with Gasteiger partial charge in [-0.3, -0.25) is 9.59 Å². The summed E-state index contributed by atoms with van der Waals surface area (Å²) in [6.45, 7) is 7.26. The van der Waals surface area contributed by atoms with Crippen LogP contribution in [0.1, 0.15) is 45.6 Å². The number of rotatable bonds is 6. The molecule has 2 N–H and O–H groups in total. The summed E-state index contributed by atoms with van der Waals surface area (Å²) in [5.74, 6) is -1.25. The lowest BCUT2D eigenvalue weighted by Gasteiger charge is -2.22. The highest BCUT2D eigenvalue weighted by atomic mass is 16.6. The number of carbonyl (C=O) groups excluding carboxylic acids is 1. The molecule has 0 spiro atoms. The maximum absolute atomic E-state index is 11.9. The molecule has 0 saturated heterocycles. The number of ether oxygens (including phenoxy) is 1. The second-order valence-corrected chi connectivity index (χ2v) is 6.03. The maximum Gasteiger partial charge on any atom is 0.322 e. The van der Waals surface area contributed by atoms with Gasteiger partial charge in [-0.1, -0.05) is 25.1 Å². The first kappa shape index (κ1) is 17.0. The van der Waals surface area contributed by atoms with Crippen molar-refractivity contribution in [2.45, 2.75) is 45.6 Å². The second kappa shape index (κ2) is 7.11. The lowest BCUT2D eigenvalue weighted by atomic mass is 9.96. The monoisotopic (exact) mass is 293 g/mol. The van der Waals surface area contributed by atoms with E-state index in [9.17, 15) is 9.59 Å². The molecule has 0 aliphatic rings. The van der Waals surface area contributed by atoms with Gasteiger partial charge in [0, 0.05) is 5.69 Å². The number of benzene rings is 1. The zero-order valence-electron chi connectivity index (χ0n) is 13.0. The highest BCUT2D eigenvalue weighted by molar-refractivity contribution is 5.74. The van der Waals surface area contributed by atoms with Gasteiger partial charge in [-0.05, 0) is 38.3 Å². The van der Waals surface area contributed by atoms with Crippen molar-refractivity contribution in [1.29, 1.82) is 0 Å². The van der Waals surface area contributed by atoms with Crippen LogP contribution in [-0.2, 0) is 14.3 Å². The van der Waals surface area contributed by atoms with Crippen molar-refractivity contribution in [2.75, 3.05) is 11.9 Å². The van der Waals surface area contributed by atoms with E-state index in [2.05, 4.69) is 5.32 Å². The summed E-state index contributed by atoms with van der Waals surface area (Å²) >= 11 is 0. The maximum atomic E-state index is 11.9. The first-order valence-electron chi connectivity index (χ1n) is 6.95. The minimum absolute atomic E-state index is 0.0580. The minimum atomic E-state index is -0.926. The van der Waals surface area contributed by atoms with E-state index in [1.165, 1.54) is 0 Å². The van der Waals surface area contributed by atoms with Crippen LogP contribution in [-0.4, -0.2) is 29.2 Å². The number of carbonyl (C=O) groups is 2. The number of aliphatic carboxylic acids is 1. The van der Waals surface area contributed by atoms with Crippen LogP contribution in [0.15, 0.2) is 24.3 Å². The van der Waals surface area contributed by atoms with Crippen LogP contribution in [0.3, 0.4) is 0 Å². The van der Waals surface area contributed by atoms with Gasteiger partial charge in [-0.2, -0.15) is 0 Å². The van der Waals surface area contributed by atoms with Gasteiger partial charge in [-0.15, -0.1) is 0 Å². The fourth-order valence-corrected chi connectivity index (χ4v) is 2.00. The standard InChI is InChI=1S/C16H23NO4/c1-11(9-15(20)21-16(2,3)4)12-7-5-6-8-13(12)17-10-14(18)19/h5-8,11,17H,9-10H2,1-4H3,(H,18,19)/t11-/m0/s1. The molecule has 1 atom stereocenters. The van der Waals surface area contributed by atoms with Gasteiger partial charge in [0.15, 0.2) is 0 Å². The molecule has 0 unspecified atom stereocenters. The molecule has 0 fully saturated rings. The van der Waals surface area contributed by atoms with Crippen molar-refractivity contribution >= 4 is 17.6 Å². The summed E-state index contributed by atoms with van der Waals surface area (Å²) in [7, 11) is 0. The summed E-state index contributed by atoms with van der Waals surface area (Å²) in [6, 6.07) is 7.39. The third-order valence-corrected chi connectivity index (χ3v) is 2.81. The Morgan fingerprint density at radius 1 is 1.29 bits per heavy atom. The molecule has 0 radical (unpaired) electrons. The molecule has 0 heterocycles. The van der Waals surface area contributed by atoms with Crippen LogP contribution < -0.4 is 5.32 Å². The molecule has 5 nitrogen and oxygen atoms in total. The van der Waals surface area contributed by atoms with E-state index in [4.69, 9.17) is 9.84 Å². The molecule has 1 aromatic rings. The molecule has 0 amide bonds. The Kier molecular flexibility index (Phi) is 5.76. The van der Waals surface area contributed by atoms with E-state index < -0.39 is 11.6 Å². The number of carboxylic acids is 1. The summed E-state index contributed by atoms with van der Waals surface area (Å²) in [5, 5.41) is 11.6. The SMILES string of the molecule is C[C@@H](CC(=O)OC(C)(C)C)c1ccccc1NCC(=O)O. The van der Waals surface area contributed by atoms with Crippen molar-refractivity contribution in [3.05, 3.63) is 29.8 Å². The van der Waals surface area contributed by atoms with E-state index in [1.807, 2.05) is 52.0 Å². The lowest BCUT2D eigenvalue weighted by molar-refractivity contribution is -0.155. The smallest absolute Gasteiger partial charge is 0.322 e. The number of nitrogens with one attached hydrogen (secondary N) is 1. The molecular formula is C16H23NO4. The molecular weight excluding hydrogens is 270 g/mol. The number of hydrogen-bond acceptors (Lipinski definition) is 4. The third-order valence-electron chi connectivity index (χ3n) is 2.81. The minimum Gasteiger partial charge on any atom is -0.480 e. The second-order valence-electron chi connectivity index (χ2n) is 6.03. The first-order valence-corrected chi connectivity index (χ1v) is 6.95. The summed E-state index contributed by atoms with van der Waals surface area (Å²) < 4.78 is 5.31. The number of hydrogen-bond donors (Lipinski definition) is 2. The number of para-hydroxylation sites is 1. The molecule has 0 aliphatic heterocycles. The fraction of sp³-hybridized carbons (Fsp3) is 0.500. The van der Waals surface area contributed by atoms with Crippen molar-refractivity contribution < 1.29 is 19.4 Å². The molecule has 21 heavy (non-hydrogen) atoms. The summed E-state index contributed by atoms with van der Waals surface area (Å²) in [6.07, 6.45) is 0.253. The van der Waals surface area contributed by atoms with E-state index in [0.717, 1.165) is 11.3 Å². The van der Waals surface area contributed by atoms with Gasteiger partial charge in [-0.25, -0.2) is 0 Å². The van der Waals surface area contributed by atoms with Gasteiger partial charge in [0.2, 0.25) is 0 Å². The van der Waals surface area contributed by atoms with Crippen LogP contribution in [0.4, 0.5) is 5.69 Å². The Morgan fingerprint density at radius 2 is 1.90 bits per heavy atom. The number of anilines is 1. The molecule has 1 aromatic carbocycles. The van der Waals surface area contributed by atoms with Crippen molar-refractivity contribution in [3.8, 4) is 0 Å². The van der Waals surface area contributed by atoms with Gasteiger partial charge in [0.25, 0.3) is 0 Å². The van der Waals surface area contributed by atoms with Crippen LogP contribution >= 0.6 is 0 Å². The van der Waals surface area contributed by atoms with Crippen LogP contribution in [0.2, 0.25) is 0 Å². The summed E-state index contributed by atoms with van der Waals surface area (Å²) in [5.41, 5.74) is 1.14. The lowest BCUT2D eigenvalue weighted by Crippen LogP contribution is -2.24.